The first-order valence-corrected chi connectivity index (χ1v) is 7.48. The molecule has 2 rings (SSSR count). The van der Waals surface area contributed by atoms with Gasteiger partial charge in [0.05, 0.1) is 12.1 Å². The van der Waals surface area contributed by atoms with Crippen molar-refractivity contribution in [1.82, 2.24) is 5.32 Å². The lowest BCUT2D eigenvalue weighted by Gasteiger charge is -2.36. The van der Waals surface area contributed by atoms with E-state index in [1.165, 1.54) is 12.5 Å². The molecule has 5 heteroatoms. The number of hydrogen-bond donors (Lipinski definition) is 2. The Bertz CT molecular complexity index is 450. The van der Waals surface area contributed by atoms with E-state index < -0.39 is 12.2 Å². The van der Waals surface area contributed by atoms with Crippen molar-refractivity contribution in [2.75, 3.05) is 6.61 Å². The van der Waals surface area contributed by atoms with Crippen LogP contribution < -0.4 is 10.1 Å². The van der Waals surface area contributed by atoms with Crippen LogP contribution in [0.4, 0.5) is 8.78 Å². The molecule has 1 fully saturated rings. The predicted octanol–water partition coefficient (Wildman–Crippen LogP) is 3.42. The highest BCUT2D eigenvalue weighted by Crippen LogP contribution is 2.32. The molecule has 0 spiro atoms. The molecule has 1 unspecified atom stereocenters. The van der Waals surface area contributed by atoms with E-state index in [2.05, 4.69) is 10.1 Å². The number of ether oxygens (including phenoxy) is 1. The van der Waals surface area contributed by atoms with E-state index in [-0.39, 0.29) is 12.4 Å². The second kappa shape index (κ2) is 7.18. The van der Waals surface area contributed by atoms with Crippen LogP contribution in [0.5, 0.6) is 5.75 Å². The maximum Gasteiger partial charge on any atom is 0.387 e. The minimum atomic E-state index is -2.87. The first-order chi connectivity index (χ1) is 10.0. The number of benzene rings is 1. The summed E-state index contributed by atoms with van der Waals surface area (Å²) in [6, 6.07) is 6.96. The second-order valence-corrected chi connectivity index (χ2v) is 5.84. The largest absolute Gasteiger partial charge is 0.434 e. The van der Waals surface area contributed by atoms with Crippen LogP contribution in [0, 0.1) is 0 Å². The van der Waals surface area contributed by atoms with Crippen molar-refractivity contribution in [3.8, 4) is 5.75 Å². The van der Waals surface area contributed by atoms with E-state index in [4.69, 9.17) is 0 Å². The molecule has 0 radical (unpaired) electrons. The van der Waals surface area contributed by atoms with Crippen molar-refractivity contribution in [1.29, 1.82) is 0 Å². The minimum Gasteiger partial charge on any atom is -0.434 e. The molecule has 118 valence electrons. The molecule has 1 aromatic carbocycles. The summed E-state index contributed by atoms with van der Waals surface area (Å²) in [4.78, 5) is 0. The topological polar surface area (TPSA) is 41.5 Å². The fraction of sp³-hybridized carbons (Fsp3) is 0.625. The molecule has 1 atom stereocenters. The predicted molar refractivity (Wildman–Crippen MR) is 77.5 cm³/mol. The Balaban J connectivity index is 2.22. The molecular formula is C16H23F2NO2. The van der Waals surface area contributed by atoms with Crippen LogP contribution >= 0.6 is 0 Å². The Morgan fingerprint density at radius 1 is 1.29 bits per heavy atom. The van der Waals surface area contributed by atoms with E-state index in [0.29, 0.717) is 11.6 Å². The first-order valence-electron chi connectivity index (χ1n) is 7.48. The van der Waals surface area contributed by atoms with Gasteiger partial charge in [-0.1, -0.05) is 37.5 Å². The van der Waals surface area contributed by atoms with Gasteiger partial charge in [-0.3, -0.25) is 0 Å². The summed E-state index contributed by atoms with van der Waals surface area (Å²) >= 11 is 0. The summed E-state index contributed by atoms with van der Waals surface area (Å²) in [5.74, 6) is 0.118. The monoisotopic (exact) mass is 299 g/mol. The SMILES string of the molecule is CC(CO)(NC1CCCCC1)c1ccccc1OC(F)F. The number of rotatable bonds is 6. The van der Waals surface area contributed by atoms with Crippen LogP contribution in [0.25, 0.3) is 0 Å². The average molecular weight is 299 g/mol. The maximum absolute atomic E-state index is 12.5. The Morgan fingerprint density at radius 3 is 2.57 bits per heavy atom. The van der Waals surface area contributed by atoms with Crippen LogP contribution in [0.1, 0.15) is 44.6 Å². The molecule has 0 saturated heterocycles. The highest BCUT2D eigenvalue weighted by Gasteiger charge is 2.32. The van der Waals surface area contributed by atoms with Crippen LogP contribution in [0.2, 0.25) is 0 Å². The number of alkyl halides is 2. The van der Waals surface area contributed by atoms with E-state index in [0.717, 1.165) is 25.7 Å². The van der Waals surface area contributed by atoms with Crippen molar-refractivity contribution in [2.45, 2.75) is 57.2 Å². The number of hydrogen-bond acceptors (Lipinski definition) is 3. The van der Waals surface area contributed by atoms with Crippen LogP contribution in [-0.4, -0.2) is 24.4 Å². The third-order valence-electron chi connectivity index (χ3n) is 4.14. The third kappa shape index (κ3) is 4.14. The zero-order chi connectivity index (χ0) is 15.3. The van der Waals surface area contributed by atoms with Crippen molar-refractivity contribution in [3.05, 3.63) is 29.8 Å². The molecule has 1 saturated carbocycles. The summed E-state index contributed by atoms with van der Waals surface area (Å²) in [6.07, 6.45) is 5.66. The van der Waals surface area contributed by atoms with Gasteiger partial charge in [0.25, 0.3) is 0 Å². The number of aliphatic hydroxyl groups excluding tert-OH is 1. The standard InChI is InChI=1S/C16H23F2NO2/c1-16(11-20,19-12-7-3-2-4-8-12)13-9-5-6-10-14(13)21-15(17)18/h5-6,9-10,12,15,19-20H,2-4,7-8,11H2,1H3. The molecule has 0 aromatic heterocycles. The summed E-state index contributed by atoms with van der Waals surface area (Å²) in [6.45, 7) is -1.22. The Kier molecular flexibility index (Phi) is 5.53. The molecule has 21 heavy (non-hydrogen) atoms. The van der Waals surface area contributed by atoms with E-state index in [9.17, 15) is 13.9 Å². The molecule has 3 nitrogen and oxygen atoms in total. The maximum atomic E-state index is 12.5. The normalized spacial score (nSPS) is 19.5. The summed E-state index contributed by atoms with van der Waals surface area (Å²) in [5.41, 5.74) is -0.216. The highest BCUT2D eigenvalue weighted by atomic mass is 19.3. The first kappa shape index (κ1) is 16.2. The van der Waals surface area contributed by atoms with Crippen LogP contribution in [0.3, 0.4) is 0 Å². The lowest BCUT2D eigenvalue weighted by atomic mass is 9.87. The molecule has 0 amide bonds. The Labute approximate surface area is 124 Å². The molecule has 0 heterocycles. The van der Waals surface area contributed by atoms with Gasteiger partial charge in [-0.15, -0.1) is 0 Å². The fourth-order valence-electron chi connectivity index (χ4n) is 3.03. The van der Waals surface area contributed by atoms with Gasteiger partial charge in [-0.2, -0.15) is 8.78 Å². The van der Waals surface area contributed by atoms with Crippen LogP contribution in [0.15, 0.2) is 24.3 Å². The molecule has 1 aromatic rings. The van der Waals surface area contributed by atoms with Gasteiger partial charge in [0, 0.05) is 11.6 Å². The molecule has 2 N–H and O–H groups in total. The fourth-order valence-corrected chi connectivity index (χ4v) is 3.03. The van der Waals surface area contributed by atoms with Gasteiger partial charge >= 0.3 is 6.61 Å². The minimum absolute atomic E-state index is 0.118. The van der Waals surface area contributed by atoms with Crippen molar-refractivity contribution < 1.29 is 18.6 Å². The zero-order valence-corrected chi connectivity index (χ0v) is 12.3. The smallest absolute Gasteiger partial charge is 0.387 e. The third-order valence-corrected chi connectivity index (χ3v) is 4.14. The number of para-hydroxylation sites is 1. The summed E-state index contributed by atoms with van der Waals surface area (Å²) < 4.78 is 29.7. The average Bonchev–Trinajstić information content (AvgIpc) is 2.48. The lowest BCUT2D eigenvalue weighted by Crippen LogP contribution is -2.49. The Morgan fingerprint density at radius 2 is 1.95 bits per heavy atom. The number of halogens is 2. The highest BCUT2D eigenvalue weighted by molar-refractivity contribution is 5.39. The van der Waals surface area contributed by atoms with Crippen LogP contribution in [-0.2, 0) is 5.54 Å². The lowest BCUT2D eigenvalue weighted by molar-refractivity contribution is -0.0516. The Hall–Kier alpha value is -1.20. The zero-order valence-electron chi connectivity index (χ0n) is 12.3. The summed E-state index contributed by atoms with van der Waals surface area (Å²) in [7, 11) is 0. The second-order valence-electron chi connectivity index (χ2n) is 5.84. The number of aliphatic hydroxyl groups is 1. The summed E-state index contributed by atoms with van der Waals surface area (Å²) in [5, 5.41) is 13.3. The molecule has 0 aliphatic heterocycles. The van der Waals surface area contributed by atoms with Gasteiger partial charge in [-0.25, -0.2) is 0 Å². The van der Waals surface area contributed by atoms with E-state index in [1.54, 1.807) is 18.2 Å². The molecular weight excluding hydrogens is 276 g/mol. The molecule has 1 aliphatic rings. The molecule has 1 aliphatic carbocycles. The van der Waals surface area contributed by atoms with Gasteiger partial charge in [0.2, 0.25) is 0 Å². The number of nitrogens with one attached hydrogen (secondary N) is 1. The van der Waals surface area contributed by atoms with Crippen molar-refractivity contribution in [3.63, 3.8) is 0 Å². The van der Waals surface area contributed by atoms with E-state index in [1.807, 2.05) is 6.92 Å². The van der Waals surface area contributed by atoms with Gasteiger partial charge < -0.3 is 15.2 Å². The van der Waals surface area contributed by atoms with Gasteiger partial charge in [0.15, 0.2) is 0 Å². The van der Waals surface area contributed by atoms with Crippen molar-refractivity contribution in [2.24, 2.45) is 0 Å². The van der Waals surface area contributed by atoms with Gasteiger partial charge in [-0.05, 0) is 25.8 Å². The van der Waals surface area contributed by atoms with E-state index >= 15 is 0 Å². The van der Waals surface area contributed by atoms with Gasteiger partial charge in [0.1, 0.15) is 5.75 Å². The quantitative estimate of drug-likeness (QED) is 0.845. The van der Waals surface area contributed by atoms with Crippen molar-refractivity contribution >= 4 is 0 Å². The molecule has 0 bridgehead atoms.